The lowest BCUT2D eigenvalue weighted by Gasteiger charge is -2.00. The molecular weight excluding hydrogens is 266 g/mol. The normalized spacial score (nSPS) is 10.9. The molecule has 0 aliphatic carbocycles. The van der Waals surface area contributed by atoms with E-state index >= 15 is 0 Å². The van der Waals surface area contributed by atoms with Crippen molar-refractivity contribution in [3.05, 3.63) is 47.9 Å². The van der Waals surface area contributed by atoms with E-state index < -0.39 is 0 Å². The van der Waals surface area contributed by atoms with Crippen LogP contribution in [-0.4, -0.2) is 26.0 Å². The molecule has 0 spiro atoms. The molecule has 0 aliphatic heterocycles. The molecule has 2 heterocycles. The monoisotopic (exact) mass is 277 g/mol. The summed E-state index contributed by atoms with van der Waals surface area (Å²) >= 11 is 0. The van der Waals surface area contributed by atoms with Gasteiger partial charge in [-0.1, -0.05) is 12.1 Å². The highest BCUT2D eigenvalue weighted by molar-refractivity contribution is 5.87. The molecule has 0 saturated carbocycles. The molecule has 21 heavy (non-hydrogen) atoms. The van der Waals surface area contributed by atoms with Crippen LogP contribution in [-0.2, 0) is 7.05 Å². The second-order valence-electron chi connectivity index (χ2n) is 4.33. The number of aromatic nitrogens is 4. The van der Waals surface area contributed by atoms with Gasteiger partial charge in [0.1, 0.15) is 6.33 Å². The fraction of sp³-hybridized carbons (Fsp3) is 0.0714. The van der Waals surface area contributed by atoms with Gasteiger partial charge in [0.05, 0.1) is 29.4 Å². The zero-order valence-electron chi connectivity index (χ0n) is 11.2. The molecule has 0 radical (unpaired) electrons. The molecule has 7 heteroatoms. The van der Waals surface area contributed by atoms with Crippen LogP contribution in [0.25, 0.3) is 11.0 Å². The predicted molar refractivity (Wildman–Crippen MR) is 78.7 cm³/mol. The van der Waals surface area contributed by atoms with Crippen molar-refractivity contribution in [2.75, 3.05) is 5.43 Å². The highest BCUT2D eigenvalue weighted by Gasteiger charge is 2.06. The smallest absolute Gasteiger partial charge is 0.163 e. The Morgan fingerprint density at radius 3 is 2.86 bits per heavy atom. The van der Waals surface area contributed by atoms with E-state index in [1.54, 1.807) is 29.2 Å². The summed E-state index contributed by atoms with van der Waals surface area (Å²) in [7, 11) is 1.82. The third-order valence-corrected chi connectivity index (χ3v) is 2.95. The second-order valence-corrected chi connectivity index (χ2v) is 4.33. The van der Waals surface area contributed by atoms with Gasteiger partial charge >= 0.3 is 0 Å². The Balaban J connectivity index is 1.79. The Hall–Kier alpha value is -3.27. The Morgan fingerprint density at radius 1 is 1.29 bits per heavy atom. The molecule has 1 aromatic carbocycles. The fourth-order valence-corrected chi connectivity index (χ4v) is 1.86. The van der Waals surface area contributed by atoms with Crippen LogP contribution in [0.3, 0.4) is 0 Å². The van der Waals surface area contributed by atoms with E-state index in [0.717, 1.165) is 16.6 Å². The van der Waals surface area contributed by atoms with Crippen molar-refractivity contribution in [3.8, 4) is 6.07 Å². The molecule has 3 aromatic rings. The number of nitriles is 1. The maximum Gasteiger partial charge on any atom is 0.163 e. The quantitative estimate of drug-likeness (QED) is 0.581. The van der Waals surface area contributed by atoms with Gasteiger partial charge < -0.3 is 0 Å². The number of hydrogen-bond donors (Lipinski definition) is 1. The minimum absolute atomic E-state index is 0.595. The van der Waals surface area contributed by atoms with Crippen LogP contribution >= 0.6 is 0 Å². The number of benzene rings is 1. The van der Waals surface area contributed by atoms with E-state index in [1.807, 2.05) is 19.2 Å². The number of anilines is 1. The third-order valence-electron chi connectivity index (χ3n) is 2.95. The van der Waals surface area contributed by atoms with Crippen molar-refractivity contribution >= 4 is 23.1 Å². The highest BCUT2D eigenvalue weighted by Crippen LogP contribution is 2.17. The van der Waals surface area contributed by atoms with Gasteiger partial charge in [0.15, 0.2) is 11.5 Å². The minimum Gasteiger partial charge on any atom is -0.261 e. The van der Waals surface area contributed by atoms with Crippen LogP contribution in [0.1, 0.15) is 11.1 Å². The van der Waals surface area contributed by atoms with Gasteiger partial charge in [-0.3, -0.25) is 10.1 Å². The number of hydrogen-bond acceptors (Lipinski definition) is 6. The summed E-state index contributed by atoms with van der Waals surface area (Å²) in [4.78, 5) is 8.30. The van der Waals surface area contributed by atoms with Gasteiger partial charge in [0.25, 0.3) is 0 Å². The molecule has 0 fully saturated rings. The third kappa shape index (κ3) is 2.55. The molecule has 0 atom stereocenters. The number of rotatable bonds is 3. The number of aryl methyl sites for hydroxylation is 1. The number of hydrazone groups is 1. The topological polar surface area (TPSA) is 91.8 Å². The second kappa shape index (κ2) is 5.38. The lowest BCUT2D eigenvalue weighted by atomic mass is 10.2. The van der Waals surface area contributed by atoms with E-state index in [2.05, 4.69) is 31.7 Å². The molecular formula is C14H11N7. The van der Waals surface area contributed by atoms with Crippen LogP contribution in [0.15, 0.2) is 41.9 Å². The lowest BCUT2D eigenvalue weighted by Crippen LogP contribution is -1.97. The van der Waals surface area contributed by atoms with Gasteiger partial charge in [-0.15, -0.1) is 0 Å². The first-order valence-electron chi connectivity index (χ1n) is 6.20. The van der Waals surface area contributed by atoms with Gasteiger partial charge in [0, 0.05) is 7.05 Å². The predicted octanol–water partition coefficient (Wildman–Crippen LogP) is 1.68. The van der Waals surface area contributed by atoms with Gasteiger partial charge in [0.2, 0.25) is 0 Å². The van der Waals surface area contributed by atoms with E-state index in [0.29, 0.717) is 11.4 Å². The number of nitrogens with one attached hydrogen (secondary N) is 1. The lowest BCUT2D eigenvalue weighted by molar-refractivity contribution is 0.785. The van der Waals surface area contributed by atoms with E-state index in [1.165, 1.54) is 6.33 Å². The molecule has 0 aliphatic rings. The molecule has 0 bridgehead atoms. The first-order chi connectivity index (χ1) is 10.3. The van der Waals surface area contributed by atoms with Crippen LogP contribution in [0.2, 0.25) is 0 Å². The van der Waals surface area contributed by atoms with Crippen molar-refractivity contribution in [2.24, 2.45) is 12.1 Å². The van der Waals surface area contributed by atoms with E-state index in [4.69, 9.17) is 5.26 Å². The molecule has 0 saturated heterocycles. The Morgan fingerprint density at radius 2 is 2.10 bits per heavy atom. The zero-order chi connectivity index (χ0) is 14.7. The van der Waals surface area contributed by atoms with Crippen molar-refractivity contribution in [1.29, 1.82) is 5.26 Å². The fourth-order valence-electron chi connectivity index (χ4n) is 1.86. The van der Waals surface area contributed by atoms with Crippen molar-refractivity contribution in [1.82, 2.24) is 19.7 Å². The maximum atomic E-state index is 8.74. The number of nitrogens with zero attached hydrogens (tertiary/aromatic N) is 6. The minimum atomic E-state index is 0.595. The summed E-state index contributed by atoms with van der Waals surface area (Å²) in [6, 6.07) is 9.20. The molecule has 0 amide bonds. The standard InChI is InChI=1S/C14H11N7/c1-21-14-12(8-19-21)13(16-9-17-14)20-18-7-11-4-2-10(6-15)3-5-11/h2-5,7-9H,1H3,(H,16,17,20)/b18-7+. The zero-order valence-corrected chi connectivity index (χ0v) is 11.2. The van der Waals surface area contributed by atoms with E-state index in [9.17, 15) is 0 Å². The summed E-state index contributed by atoms with van der Waals surface area (Å²) in [5.41, 5.74) is 5.12. The van der Waals surface area contributed by atoms with Crippen LogP contribution < -0.4 is 5.43 Å². The summed E-state index contributed by atoms with van der Waals surface area (Å²) in [6.45, 7) is 0. The average Bonchev–Trinajstić information content (AvgIpc) is 2.91. The van der Waals surface area contributed by atoms with Gasteiger partial charge in [-0.25, -0.2) is 9.97 Å². The van der Waals surface area contributed by atoms with Crippen molar-refractivity contribution in [3.63, 3.8) is 0 Å². The summed E-state index contributed by atoms with van der Waals surface area (Å²) in [5, 5.41) is 17.8. The first kappa shape index (κ1) is 12.7. The summed E-state index contributed by atoms with van der Waals surface area (Å²) in [5.74, 6) is 0.595. The van der Waals surface area contributed by atoms with Gasteiger partial charge in [-0.05, 0) is 17.7 Å². The Labute approximate surface area is 120 Å². The van der Waals surface area contributed by atoms with Crippen LogP contribution in [0.5, 0.6) is 0 Å². The SMILES string of the molecule is Cn1ncc2c(N/N=C/c3ccc(C#N)cc3)ncnc21. The Bertz CT molecular complexity index is 840. The largest absolute Gasteiger partial charge is 0.261 e. The molecule has 0 unspecified atom stereocenters. The molecule has 1 N–H and O–H groups in total. The first-order valence-corrected chi connectivity index (χ1v) is 6.20. The highest BCUT2D eigenvalue weighted by atomic mass is 15.3. The summed E-state index contributed by atoms with van der Waals surface area (Å²) < 4.78 is 1.67. The van der Waals surface area contributed by atoms with Gasteiger partial charge in [-0.2, -0.15) is 15.5 Å². The Kier molecular flexibility index (Phi) is 3.27. The van der Waals surface area contributed by atoms with E-state index in [-0.39, 0.29) is 0 Å². The van der Waals surface area contributed by atoms with Crippen LogP contribution in [0.4, 0.5) is 5.82 Å². The number of fused-ring (bicyclic) bond motifs is 1. The maximum absolute atomic E-state index is 8.74. The van der Waals surface area contributed by atoms with Crippen molar-refractivity contribution in [2.45, 2.75) is 0 Å². The molecule has 3 rings (SSSR count). The van der Waals surface area contributed by atoms with Crippen LogP contribution in [0, 0.1) is 11.3 Å². The average molecular weight is 277 g/mol. The molecule has 7 nitrogen and oxygen atoms in total. The van der Waals surface area contributed by atoms with Crippen molar-refractivity contribution < 1.29 is 0 Å². The summed E-state index contributed by atoms with van der Waals surface area (Å²) in [6.07, 6.45) is 4.81. The molecule has 102 valence electrons. The molecule has 2 aromatic heterocycles.